The number of guanidine groups is 1. The average molecular weight is 543 g/mol. The van der Waals surface area contributed by atoms with E-state index in [1.54, 1.807) is 6.26 Å². The summed E-state index contributed by atoms with van der Waals surface area (Å²) in [4.78, 5) is 7.46. The SMILES string of the molecule is CCNC(=NCC(c1ccco1)N1CCCCC1)NC(C)Cc1c(C)nn(C)c1C.I. The van der Waals surface area contributed by atoms with Crippen LogP contribution in [-0.4, -0.2) is 52.9 Å². The van der Waals surface area contributed by atoms with Crippen LogP contribution in [0.1, 0.15) is 61.9 Å². The molecule has 8 heteroatoms. The molecule has 3 heterocycles. The Kier molecular flexibility index (Phi) is 10.3. The molecule has 0 aliphatic carbocycles. The van der Waals surface area contributed by atoms with E-state index >= 15 is 0 Å². The number of piperidine rings is 1. The topological polar surface area (TPSA) is 70.6 Å². The third-order valence-electron chi connectivity index (χ3n) is 6.02. The Morgan fingerprint density at radius 3 is 2.58 bits per heavy atom. The normalized spacial score (nSPS) is 17.1. The van der Waals surface area contributed by atoms with E-state index in [0.717, 1.165) is 43.5 Å². The van der Waals surface area contributed by atoms with Crippen LogP contribution in [0, 0.1) is 13.8 Å². The summed E-state index contributed by atoms with van der Waals surface area (Å²) in [6, 6.07) is 4.49. The molecule has 0 amide bonds. The first kappa shape index (κ1) is 25.7. The zero-order chi connectivity index (χ0) is 21.5. The first-order valence-corrected chi connectivity index (χ1v) is 11.3. The molecule has 2 aromatic heterocycles. The Balaban J connectivity index is 0.00000341. The van der Waals surface area contributed by atoms with E-state index in [1.165, 1.54) is 30.5 Å². The number of hydrogen-bond donors (Lipinski definition) is 2. The lowest BCUT2D eigenvalue weighted by atomic mass is 10.1. The summed E-state index contributed by atoms with van der Waals surface area (Å²) >= 11 is 0. The number of aromatic nitrogens is 2. The zero-order valence-corrected chi connectivity index (χ0v) is 22.0. The molecule has 0 spiro atoms. The van der Waals surface area contributed by atoms with Gasteiger partial charge in [-0.15, -0.1) is 24.0 Å². The molecular weight excluding hydrogens is 503 g/mol. The van der Waals surface area contributed by atoms with Gasteiger partial charge in [0.25, 0.3) is 0 Å². The molecule has 2 atom stereocenters. The lowest BCUT2D eigenvalue weighted by Gasteiger charge is -2.32. The van der Waals surface area contributed by atoms with Crippen LogP contribution in [0.4, 0.5) is 0 Å². The average Bonchev–Trinajstić information content (AvgIpc) is 3.34. The summed E-state index contributed by atoms with van der Waals surface area (Å²) in [5.74, 6) is 1.86. The van der Waals surface area contributed by atoms with E-state index in [4.69, 9.17) is 9.41 Å². The van der Waals surface area contributed by atoms with Gasteiger partial charge in [0.05, 0.1) is 24.5 Å². The van der Waals surface area contributed by atoms with Crippen LogP contribution in [0.25, 0.3) is 0 Å². The van der Waals surface area contributed by atoms with Gasteiger partial charge in [0.2, 0.25) is 0 Å². The molecule has 31 heavy (non-hydrogen) atoms. The van der Waals surface area contributed by atoms with Crippen LogP contribution in [0.15, 0.2) is 27.8 Å². The van der Waals surface area contributed by atoms with E-state index in [2.05, 4.69) is 54.4 Å². The maximum Gasteiger partial charge on any atom is 0.191 e. The highest BCUT2D eigenvalue weighted by molar-refractivity contribution is 14.0. The monoisotopic (exact) mass is 542 g/mol. The Labute approximate surface area is 204 Å². The quantitative estimate of drug-likeness (QED) is 0.300. The van der Waals surface area contributed by atoms with Crippen LogP contribution in [-0.2, 0) is 13.5 Å². The van der Waals surface area contributed by atoms with Gasteiger partial charge < -0.3 is 15.1 Å². The van der Waals surface area contributed by atoms with Gasteiger partial charge in [-0.2, -0.15) is 5.10 Å². The number of aryl methyl sites for hydroxylation is 2. The molecule has 0 saturated carbocycles. The van der Waals surface area contributed by atoms with E-state index in [1.807, 2.05) is 17.8 Å². The van der Waals surface area contributed by atoms with Gasteiger partial charge in [-0.25, -0.2) is 0 Å². The van der Waals surface area contributed by atoms with Gasteiger partial charge in [-0.05, 0) is 77.7 Å². The molecule has 2 unspecified atom stereocenters. The Bertz CT molecular complexity index is 810. The van der Waals surface area contributed by atoms with Crippen molar-refractivity contribution in [3.8, 4) is 0 Å². The second-order valence-electron chi connectivity index (χ2n) is 8.37. The third kappa shape index (κ3) is 6.97. The fraction of sp³-hybridized carbons (Fsp3) is 0.652. The lowest BCUT2D eigenvalue weighted by Crippen LogP contribution is -2.44. The molecule has 1 saturated heterocycles. The summed E-state index contributed by atoms with van der Waals surface area (Å²) < 4.78 is 7.73. The number of nitrogens with zero attached hydrogens (tertiary/aromatic N) is 4. The molecule has 0 bridgehead atoms. The maximum atomic E-state index is 5.77. The molecular formula is C23H39IN6O. The van der Waals surface area contributed by atoms with Crippen LogP contribution in [0.2, 0.25) is 0 Å². The predicted molar refractivity (Wildman–Crippen MR) is 137 cm³/mol. The van der Waals surface area contributed by atoms with Gasteiger partial charge in [-0.1, -0.05) is 6.42 Å². The van der Waals surface area contributed by atoms with Gasteiger partial charge in [-0.3, -0.25) is 14.6 Å². The first-order chi connectivity index (χ1) is 14.5. The summed E-state index contributed by atoms with van der Waals surface area (Å²) in [5, 5.41) is 11.5. The highest BCUT2D eigenvalue weighted by atomic mass is 127. The second kappa shape index (κ2) is 12.5. The number of rotatable bonds is 8. The fourth-order valence-electron chi connectivity index (χ4n) is 4.30. The van der Waals surface area contributed by atoms with E-state index < -0.39 is 0 Å². The van der Waals surface area contributed by atoms with Crippen molar-refractivity contribution in [3.05, 3.63) is 41.1 Å². The third-order valence-corrected chi connectivity index (χ3v) is 6.02. The largest absolute Gasteiger partial charge is 0.468 e. The molecule has 174 valence electrons. The number of aliphatic imine (C=N–C) groups is 1. The van der Waals surface area contributed by atoms with Crippen LogP contribution in [0.3, 0.4) is 0 Å². The zero-order valence-electron chi connectivity index (χ0n) is 19.6. The highest BCUT2D eigenvalue weighted by Gasteiger charge is 2.24. The maximum absolute atomic E-state index is 5.77. The van der Waals surface area contributed by atoms with Crippen LogP contribution >= 0.6 is 24.0 Å². The molecule has 0 radical (unpaired) electrons. The Morgan fingerprint density at radius 1 is 1.26 bits per heavy atom. The molecule has 1 aliphatic rings. The van der Waals surface area contributed by atoms with Crippen molar-refractivity contribution < 1.29 is 4.42 Å². The van der Waals surface area contributed by atoms with Crippen molar-refractivity contribution in [3.63, 3.8) is 0 Å². The van der Waals surface area contributed by atoms with Gasteiger partial charge in [0, 0.05) is 25.3 Å². The van der Waals surface area contributed by atoms with Crippen molar-refractivity contribution in [2.75, 3.05) is 26.2 Å². The van der Waals surface area contributed by atoms with Crippen molar-refractivity contribution in [2.45, 2.75) is 65.5 Å². The lowest BCUT2D eigenvalue weighted by molar-refractivity contribution is 0.150. The molecule has 2 N–H and O–H groups in total. The minimum absolute atomic E-state index is 0. The Morgan fingerprint density at radius 2 is 2.00 bits per heavy atom. The van der Waals surface area contributed by atoms with E-state index in [0.29, 0.717) is 6.54 Å². The van der Waals surface area contributed by atoms with Crippen molar-refractivity contribution >= 4 is 29.9 Å². The molecule has 7 nitrogen and oxygen atoms in total. The van der Waals surface area contributed by atoms with Crippen LogP contribution in [0.5, 0.6) is 0 Å². The van der Waals surface area contributed by atoms with Crippen LogP contribution < -0.4 is 10.6 Å². The number of nitrogens with one attached hydrogen (secondary N) is 2. The number of likely N-dealkylation sites (tertiary alicyclic amines) is 1. The molecule has 1 fully saturated rings. The first-order valence-electron chi connectivity index (χ1n) is 11.3. The molecule has 2 aromatic rings. The van der Waals surface area contributed by atoms with Gasteiger partial charge >= 0.3 is 0 Å². The van der Waals surface area contributed by atoms with E-state index in [-0.39, 0.29) is 36.1 Å². The summed E-state index contributed by atoms with van der Waals surface area (Å²) in [7, 11) is 2.00. The number of furan rings is 1. The predicted octanol–water partition coefficient (Wildman–Crippen LogP) is 3.96. The van der Waals surface area contributed by atoms with Crippen molar-refractivity contribution in [1.82, 2.24) is 25.3 Å². The van der Waals surface area contributed by atoms with Gasteiger partial charge in [0.1, 0.15) is 5.76 Å². The summed E-state index contributed by atoms with van der Waals surface area (Å²) in [6.07, 6.45) is 6.50. The molecule has 0 aromatic carbocycles. The standard InChI is InChI=1S/C23H38N6O.HI/c1-6-24-23(26-17(2)15-20-18(3)27-28(5)19(20)4)25-16-21(22-11-10-14-30-22)29-12-8-7-9-13-29;/h10-11,14,17,21H,6-9,12-13,15-16H2,1-5H3,(H2,24,25,26);1H. The van der Waals surface area contributed by atoms with Gasteiger partial charge in [0.15, 0.2) is 5.96 Å². The smallest absolute Gasteiger partial charge is 0.191 e. The highest BCUT2D eigenvalue weighted by Crippen LogP contribution is 2.25. The minimum Gasteiger partial charge on any atom is -0.468 e. The number of hydrogen-bond acceptors (Lipinski definition) is 4. The van der Waals surface area contributed by atoms with E-state index in [9.17, 15) is 0 Å². The minimum atomic E-state index is 0. The van der Waals surface area contributed by atoms with Crippen molar-refractivity contribution in [1.29, 1.82) is 0 Å². The summed E-state index contributed by atoms with van der Waals surface area (Å²) in [6.45, 7) is 12.3. The second-order valence-corrected chi connectivity index (χ2v) is 8.37. The molecule has 3 rings (SSSR count). The summed E-state index contributed by atoms with van der Waals surface area (Å²) in [5.41, 5.74) is 3.65. The molecule has 1 aliphatic heterocycles. The van der Waals surface area contributed by atoms with Crippen molar-refractivity contribution in [2.24, 2.45) is 12.0 Å². The Hall–Kier alpha value is -1.55. The fourth-order valence-corrected chi connectivity index (χ4v) is 4.30. The number of halogens is 1.